The molecule has 0 radical (unpaired) electrons. The molecule has 1 aliphatic rings. The molecule has 0 saturated carbocycles. The minimum Gasteiger partial charge on any atom is -0.468 e. The fourth-order valence-electron chi connectivity index (χ4n) is 3.16. The molecule has 1 aliphatic heterocycles. The first-order valence-electron chi connectivity index (χ1n) is 8.92. The molecule has 25 heavy (non-hydrogen) atoms. The number of piperidine rings is 1. The van der Waals surface area contributed by atoms with Gasteiger partial charge in [0.15, 0.2) is 0 Å². The topological polar surface area (TPSA) is 67.6 Å². The van der Waals surface area contributed by atoms with Gasteiger partial charge in [0.05, 0.1) is 24.5 Å². The molecule has 1 N–H and O–H groups in total. The van der Waals surface area contributed by atoms with Crippen molar-refractivity contribution in [2.45, 2.75) is 32.2 Å². The standard InChI is InChI=1S/C19H25N3O3/c1-2-24-19(23)15-8-9-18(20-13-15)21-14-16(17-7-6-12-25-17)22-10-4-3-5-11-22/h6-9,12-13,16H,2-5,10-11,14H2,1H3,(H,20,21). The smallest absolute Gasteiger partial charge is 0.339 e. The number of pyridine rings is 1. The highest BCUT2D eigenvalue weighted by atomic mass is 16.5. The van der Waals surface area contributed by atoms with Crippen LogP contribution in [0.2, 0.25) is 0 Å². The zero-order valence-electron chi connectivity index (χ0n) is 14.6. The van der Waals surface area contributed by atoms with Crippen LogP contribution in [0.5, 0.6) is 0 Å². The summed E-state index contributed by atoms with van der Waals surface area (Å²) < 4.78 is 10.6. The lowest BCUT2D eigenvalue weighted by atomic mass is 10.1. The number of nitrogens with one attached hydrogen (secondary N) is 1. The van der Waals surface area contributed by atoms with E-state index in [2.05, 4.69) is 15.2 Å². The van der Waals surface area contributed by atoms with Crippen LogP contribution >= 0.6 is 0 Å². The molecule has 0 spiro atoms. The summed E-state index contributed by atoms with van der Waals surface area (Å²) in [5.74, 6) is 1.36. The van der Waals surface area contributed by atoms with E-state index in [4.69, 9.17) is 9.15 Å². The van der Waals surface area contributed by atoms with E-state index in [0.717, 1.165) is 24.7 Å². The first-order chi connectivity index (χ1) is 12.3. The highest BCUT2D eigenvalue weighted by Gasteiger charge is 2.24. The predicted octanol–water partition coefficient (Wildman–Crippen LogP) is 3.49. The number of carbonyl (C=O) groups is 1. The van der Waals surface area contributed by atoms with Crippen LogP contribution in [0.25, 0.3) is 0 Å². The summed E-state index contributed by atoms with van der Waals surface area (Å²) in [5, 5.41) is 3.36. The van der Waals surface area contributed by atoms with Crippen molar-refractivity contribution in [2.24, 2.45) is 0 Å². The van der Waals surface area contributed by atoms with Crippen molar-refractivity contribution in [3.05, 3.63) is 48.0 Å². The average Bonchev–Trinajstić information content (AvgIpc) is 3.18. The largest absolute Gasteiger partial charge is 0.468 e. The van der Waals surface area contributed by atoms with Crippen LogP contribution in [-0.4, -0.2) is 42.1 Å². The van der Waals surface area contributed by atoms with Gasteiger partial charge in [-0.3, -0.25) is 4.90 Å². The monoisotopic (exact) mass is 343 g/mol. The van der Waals surface area contributed by atoms with Crippen LogP contribution in [0, 0.1) is 0 Å². The van der Waals surface area contributed by atoms with E-state index in [1.165, 1.54) is 19.3 Å². The molecule has 2 aromatic rings. The highest BCUT2D eigenvalue weighted by Crippen LogP contribution is 2.25. The molecule has 2 aromatic heterocycles. The maximum absolute atomic E-state index is 11.7. The maximum atomic E-state index is 11.7. The quantitative estimate of drug-likeness (QED) is 0.776. The van der Waals surface area contributed by atoms with Crippen LogP contribution in [0.3, 0.4) is 0 Å². The molecular weight excluding hydrogens is 318 g/mol. The Hall–Kier alpha value is -2.34. The number of carbonyl (C=O) groups excluding carboxylic acids is 1. The third-order valence-corrected chi connectivity index (χ3v) is 4.45. The molecular formula is C19H25N3O3. The van der Waals surface area contributed by atoms with E-state index in [-0.39, 0.29) is 12.0 Å². The Labute approximate surface area is 148 Å². The van der Waals surface area contributed by atoms with Crippen LogP contribution in [0.4, 0.5) is 5.82 Å². The Morgan fingerprint density at radius 3 is 2.80 bits per heavy atom. The molecule has 1 saturated heterocycles. The molecule has 0 bridgehead atoms. The second-order valence-electron chi connectivity index (χ2n) is 6.16. The Balaban J connectivity index is 1.63. The lowest BCUT2D eigenvalue weighted by Gasteiger charge is -2.33. The molecule has 6 nitrogen and oxygen atoms in total. The number of nitrogens with zero attached hydrogens (tertiary/aromatic N) is 2. The molecule has 1 atom stereocenters. The normalized spacial score (nSPS) is 16.4. The lowest BCUT2D eigenvalue weighted by Crippen LogP contribution is -2.37. The van der Waals surface area contributed by atoms with Gasteiger partial charge in [0.2, 0.25) is 0 Å². The van der Waals surface area contributed by atoms with Gasteiger partial charge in [0.25, 0.3) is 0 Å². The number of likely N-dealkylation sites (tertiary alicyclic amines) is 1. The van der Waals surface area contributed by atoms with Gasteiger partial charge < -0.3 is 14.5 Å². The number of hydrogen-bond acceptors (Lipinski definition) is 6. The molecule has 1 fully saturated rings. The molecule has 0 amide bonds. The Kier molecular flexibility index (Phi) is 6.06. The van der Waals surface area contributed by atoms with Crippen molar-refractivity contribution in [3.8, 4) is 0 Å². The molecule has 3 rings (SSSR count). The third-order valence-electron chi connectivity index (χ3n) is 4.45. The first-order valence-corrected chi connectivity index (χ1v) is 8.92. The summed E-state index contributed by atoms with van der Waals surface area (Å²) in [6, 6.07) is 7.68. The fourth-order valence-corrected chi connectivity index (χ4v) is 3.16. The fraction of sp³-hybridized carbons (Fsp3) is 0.474. The SMILES string of the molecule is CCOC(=O)c1ccc(NCC(c2ccco2)N2CCCCC2)nc1. The van der Waals surface area contributed by atoms with Gasteiger partial charge in [-0.15, -0.1) is 0 Å². The van der Waals surface area contributed by atoms with Gasteiger partial charge in [-0.25, -0.2) is 9.78 Å². The van der Waals surface area contributed by atoms with E-state index in [1.54, 1.807) is 25.5 Å². The van der Waals surface area contributed by atoms with Gasteiger partial charge in [-0.2, -0.15) is 0 Å². The summed E-state index contributed by atoms with van der Waals surface area (Å²) in [4.78, 5) is 18.5. The number of aromatic nitrogens is 1. The molecule has 6 heteroatoms. The predicted molar refractivity (Wildman–Crippen MR) is 95.6 cm³/mol. The van der Waals surface area contributed by atoms with E-state index >= 15 is 0 Å². The molecule has 0 aromatic carbocycles. The summed E-state index contributed by atoms with van der Waals surface area (Å²) in [7, 11) is 0. The van der Waals surface area contributed by atoms with E-state index < -0.39 is 0 Å². The lowest BCUT2D eigenvalue weighted by molar-refractivity contribution is 0.0526. The second kappa shape index (κ2) is 8.67. The maximum Gasteiger partial charge on any atom is 0.339 e. The van der Waals surface area contributed by atoms with Crippen molar-refractivity contribution >= 4 is 11.8 Å². The van der Waals surface area contributed by atoms with Gasteiger partial charge >= 0.3 is 5.97 Å². The zero-order chi connectivity index (χ0) is 17.5. The Morgan fingerprint density at radius 1 is 1.32 bits per heavy atom. The van der Waals surface area contributed by atoms with Crippen LogP contribution in [-0.2, 0) is 4.74 Å². The van der Waals surface area contributed by atoms with Gasteiger partial charge in [0.1, 0.15) is 11.6 Å². The number of rotatable bonds is 7. The van der Waals surface area contributed by atoms with Crippen molar-refractivity contribution in [1.29, 1.82) is 0 Å². The van der Waals surface area contributed by atoms with Gasteiger partial charge in [-0.1, -0.05) is 6.42 Å². The van der Waals surface area contributed by atoms with Crippen molar-refractivity contribution in [1.82, 2.24) is 9.88 Å². The van der Waals surface area contributed by atoms with Crippen LogP contribution in [0.15, 0.2) is 41.1 Å². The molecule has 3 heterocycles. The van der Waals surface area contributed by atoms with E-state index in [1.807, 2.05) is 18.2 Å². The van der Waals surface area contributed by atoms with Crippen molar-refractivity contribution in [2.75, 3.05) is 31.6 Å². The highest BCUT2D eigenvalue weighted by molar-refractivity contribution is 5.89. The summed E-state index contributed by atoms with van der Waals surface area (Å²) in [5.41, 5.74) is 0.464. The molecule has 134 valence electrons. The number of hydrogen-bond donors (Lipinski definition) is 1. The third kappa shape index (κ3) is 4.60. The van der Waals surface area contributed by atoms with E-state index in [9.17, 15) is 4.79 Å². The van der Waals surface area contributed by atoms with Crippen LogP contribution in [0.1, 0.15) is 48.3 Å². The minimum atomic E-state index is -0.344. The second-order valence-corrected chi connectivity index (χ2v) is 6.16. The first kappa shape index (κ1) is 17.5. The number of ether oxygens (including phenoxy) is 1. The number of furan rings is 1. The van der Waals surface area contributed by atoms with Gasteiger partial charge in [-0.05, 0) is 57.1 Å². The Bertz CT molecular complexity index is 649. The van der Waals surface area contributed by atoms with Gasteiger partial charge in [0, 0.05) is 12.7 Å². The summed E-state index contributed by atoms with van der Waals surface area (Å²) in [6.07, 6.45) is 7.01. The van der Waals surface area contributed by atoms with Crippen LogP contribution < -0.4 is 5.32 Å². The zero-order valence-corrected chi connectivity index (χ0v) is 14.6. The Morgan fingerprint density at radius 2 is 2.16 bits per heavy atom. The van der Waals surface area contributed by atoms with E-state index in [0.29, 0.717) is 18.7 Å². The van der Waals surface area contributed by atoms with Crippen molar-refractivity contribution in [3.63, 3.8) is 0 Å². The summed E-state index contributed by atoms with van der Waals surface area (Å²) >= 11 is 0. The number of esters is 1. The molecule has 1 unspecified atom stereocenters. The van der Waals surface area contributed by atoms with Crippen molar-refractivity contribution < 1.29 is 13.9 Å². The summed E-state index contributed by atoms with van der Waals surface area (Å²) in [6.45, 7) is 5.03. The average molecular weight is 343 g/mol. The minimum absolute atomic E-state index is 0.182. The molecule has 0 aliphatic carbocycles. The number of anilines is 1.